The number of aromatic nitrogens is 2. The van der Waals surface area contributed by atoms with Crippen LogP contribution in [-0.2, 0) is 4.79 Å². The van der Waals surface area contributed by atoms with Crippen molar-refractivity contribution in [1.29, 1.82) is 0 Å². The molecule has 2 N–H and O–H groups in total. The summed E-state index contributed by atoms with van der Waals surface area (Å²) in [5.41, 5.74) is 2.08. The SMILES string of the molecule is O=C(NC1CCN(CCCOc2ccc(C(=O)O)cc2)CC1)C1=Cc2cnc3cccc(n23)S1. The van der Waals surface area contributed by atoms with Gasteiger partial charge >= 0.3 is 5.97 Å². The van der Waals surface area contributed by atoms with Crippen LogP contribution >= 0.6 is 11.8 Å². The first-order valence-electron chi connectivity index (χ1n) is 11.4. The average molecular weight is 479 g/mol. The summed E-state index contributed by atoms with van der Waals surface area (Å²) in [6.45, 7) is 3.40. The lowest BCUT2D eigenvalue weighted by Gasteiger charge is -2.32. The minimum Gasteiger partial charge on any atom is -0.494 e. The molecule has 0 unspecified atom stereocenters. The van der Waals surface area contributed by atoms with Crippen LogP contribution in [0.25, 0.3) is 11.7 Å². The number of carbonyl (C=O) groups excluding carboxylic acids is 1. The number of benzene rings is 1. The number of ether oxygens (including phenoxy) is 1. The first-order chi connectivity index (χ1) is 16.6. The van der Waals surface area contributed by atoms with Gasteiger partial charge in [0.05, 0.1) is 34.0 Å². The van der Waals surface area contributed by atoms with Gasteiger partial charge in [-0.2, -0.15) is 0 Å². The van der Waals surface area contributed by atoms with E-state index in [1.54, 1.807) is 30.5 Å². The molecule has 0 atom stereocenters. The van der Waals surface area contributed by atoms with E-state index in [1.807, 2.05) is 24.3 Å². The Labute approximate surface area is 201 Å². The fourth-order valence-electron chi connectivity index (χ4n) is 4.33. The van der Waals surface area contributed by atoms with Crippen LogP contribution in [0, 0.1) is 0 Å². The smallest absolute Gasteiger partial charge is 0.335 e. The number of imidazole rings is 1. The van der Waals surface area contributed by atoms with E-state index >= 15 is 0 Å². The fraction of sp³-hybridized carbons (Fsp3) is 0.320. The first kappa shape index (κ1) is 22.5. The molecule has 0 spiro atoms. The van der Waals surface area contributed by atoms with Crippen LogP contribution in [0.3, 0.4) is 0 Å². The standard InChI is InChI=1S/C25H26N4O4S/c30-24(21-15-19-16-26-22-3-1-4-23(34-21)29(19)22)27-18-9-12-28(13-10-18)11-2-14-33-20-7-5-17(6-8-20)25(31)32/h1,3-8,15-16,18H,2,9-14H2,(H,27,30)(H,31,32). The van der Waals surface area contributed by atoms with Gasteiger partial charge < -0.3 is 20.1 Å². The highest BCUT2D eigenvalue weighted by atomic mass is 32.2. The maximum Gasteiger partial charge on any atom is 0.335 e. The Morgan fingerprint density at radius 2 is 1.94 bits per heavy atom. The Kier molecular flexibility index (Phi) is 6.55. The highest BCUT2D eigenvalue weighted by Gasteiger charge is 2.24. The van der Waals surface area contributed by atoms with E-state index < -0.39 is 5.97 Å². The van der Waals surface area contributed by atoms with Crippen molar-refractivity contribution >= 4 is 35.4 Å². The second-order valence-corrected chi connectivity index (χ2v) is 9.53. The normalized spacial score (nSPS) is 16.3. The molecule has 176 valence electrons. The number of nitrogens with zero attached hydrogens (tertiary/aromatic N) is 3. The summed E-state index contributed by atoms with van der Waals surface area (Å²) >= 11 is 1.48. The van der Waals surface area contributed by atoms with E-state index in [9.17, 15) is 9.59 Å². The number of amides is 1. The van der Waals surface area contributed by atoms with Gasteiger partial charge in [-0.1, -0.05) is 17.8 Å². The van der Waals surface area contributed by atoms with Gasteiger partial charge in [0, 0.05) is 25.7 Å². The van der Waals surface area contributed by atoms with Crippen molar-refractivity contribution in [3.63, 3.8) is 0 Å². The third-order valence-corrected chi connectivity index (χ3v) is 7.20. The van der Waals surface area contributed by atoms with Crippen LogP contribution in [0.2, 0.25) is 0 Å². The Morgan fingerprint density at radius 3 is 2.71 bits per heavy atom. The highest BCUT2D eigenvalue weighted by Crippen LogP contribution is 2.34. The van der Waals surface area contributed by atoms with Crippen LogP contribution in [0.1, 0.15) is 35.3 Å². The third-order valence-electron chi connectivity index (χ3n) is 6.15. The van der Waals surface area contributed by atoms with E-state index in [1.165, 1.54) is 11.8 Å². The second kappa shape index (κ2) is 9.90. The summed E-state index contributed by atoms with van der Waals surface area (Å²) in [5.74, 6) is -0.277. The molecule has 5 rings (SSSR count). The van der Waals surface area contributed by atoms with E-state index in [0.29, 0.717) is 17.3 Å². The summed E-state index contributed by atoms with van der Waals surface area (Å²) in [5, 5.41) is 13.2. The summed E-state index contributed by atoms with van der Waals surface area (Å²) in [4.78, 5) is 31.3. The van der Waals surface area contributed by atoms with Crippen molar-refractivity contribution in [1.82, 2.24) is 19.6 Å². The number of hydrogen-bond donors (Lipinski definition) is 2. The van der Waals surface area contributed by atoms with Gasteiger partial charge in [-0.3, -0.25) is 9.20 Å². The molecule has 0 bridgehead atoms. The minimum absolute atomic E-state index is 0.0183. The summed E-state index contributed by atoms with van der Waals surface area (Å²) in [6, 6.07) is 12.6. The van der Waals surface area contributed by atoms with Crippen LogP contribution in [0.5, 0.6) is 5.75 Å². The molecule has 1 fully saturated rings. The van der Waals surface area contributed by atoms with Crippen molar-refractivity contribution in [2.24, 2.45) is 0 Å². The molecular weight excluding hydrogens is 452 g/mol. The molecular formula is C25H26N4O4S. The Morgan fingerprint density at radius 1 is 1.15 bits per heavy atom. The quantitative estimate of drug-likeness (QED) is 0.478. The molecule has 1 amide bonds. The molecule has 0 radical (unpaired) electrons. The number of thioether (sulfide) groups is 1. The summed E-state index contributed by atoms with van der Waals surface area (Å²) in [6.07, 6.45) is 6.46. The molecule has 9 heteroatoms. The molecule has 0 saturated carbocycles. The van der Waals surface area contributed by atoms with Gasteiger partial charge in [0.15, 0.2) is 0 Å². The fourth-order valence-corrected chi connectivity index (χ4v) is 5.32. The van der Waals surface area contributed by atoms with Crippen LogP contribution < -0.4 is 10.1 Å². The first-order valence-corrected chi connectivity index (χ1v) is 12.2. The predicted molar refractivity (Wildman–Crippen MR) is 130 cm³/mol. The van der Waals surface area contributed by atoms with Gasteiger partial charge in [0.2, 0.25) is 0 Å². The summed E-state index contributed by atoms with van der Waals surface area (Å²) in [7, 11) is 0. The van der Waals surface area contributed by atoms with Gasteiger partial charge in [-0.05, 0) is 61.7 Å². The lowest BCUT2D eigenvalue weighted by atomic mass is 10.0. The Bertz CT molecular complexity index is 1230. The molecule has 0 aliphatic carbocycles. The zero-order valence-electron chi connectivity index (χ0n) is 18.6. The number of aromatic carboxylic acids is 1. The molecule has 3 aromatic rings. The van der Waals surface area contributed by atoms with Gasteiger partial charge in [0.25, 0.3) is 5.91 Å². The lowest BCUT2D eigenvalue weighted by Crippen LogP contribution is -2.45. The van der Waals surface area contributed by atoms with Crippen LogP contribution in [0.4, 0.5) is 0 Å². The Balaban J connectivity index is 1.04. The van der Waals surface area contributed by atoms with Gasteiger partial charge in [-0.25, -0.2) is 9.78 Å². The zero-order chi connectivity index (χ0) is 23.5. The lowest BCUT2D eigenvalue weighted by molar-refractivity contribution is -0.117. The number of pyridine rings is 1. The molecule has 8 nitrogen and oxygen atoms in total. The number of piperidine rings is 1. The molecule has 2 aliphatic heterocycles. The minimum atomic E-state index is -0.939. The van der Waals surface area contributed by atoms with Crippen molar-refractivity contribution < 1.29 is 19.4 Å². The van der Waals surface area contributed by atoms with E-state index in [4.69, 9.17) is 9.84 Å². The maximum absolute atomic E-state index is 12.9. The molecule has 1 aromatic carbocycles. The molecule has 2 aliphatic rings. The molecule has 4 heterocycles. The monoisotopic (exact) mass is 478 g/mol. The van der Waals surface area contributed by atoms with Crippen LogP contribution in [-0.4, -0.2) is 63.6 Å². The number of carboxylic acid groups (broad SMARTS) is 1. The number of carboxylic acids is 1. The van der Waals surface area contributed by atoms with Crippen molar-refractivity contribution in [3.8, 4) is 5.75 Å². The third kappa shape index (κ3) is 4.95. The van der Waals surface area contributed by atoms with Gasteiger partial charge in [0.1, 0.15) is 11.4 Å². The number of hydrogen-bond acceptors (Lipinski definition) is 6. The zero-order valence-corrected chi connectivity index (χ0v) is 19.5. The van der Waals surface area contributed by atoms with Crippen LogP contribution in [0.15, 0.2) is 58.6 Å². The van der Waals surface area contributed by atoms with E-state index in [0.717, 1.165) is 55.3 Å². The van der Waals surface area contributed by atoms with E-state index in [2.05, 4.69) is 19.6 Å². The number of likely N-dealkylation sites (tertiary alicyclic amines) is 1. The molecule has 2 aromatic heterocycles. The average Bonchev–Trinajstić information content (AvgIpc) is 3.27. The molecule has 1 saturated heterocycles. The summed E-state index contributed by atoms with van der Waals surface area (Å²) < 4.78 is 7.79. The Hall–Kier alpha value is -3.30. The second-order valence-electron chi connectivity index (χ2n) is 8.47. The number of rotatable bonds is 8. The van der Waals surface area contributed by atoms with Crippen molar-refractivity contribution in [2.45, 2.75) is 30.3 Å². The van der Waals surface area contributed by atoms with Crippen molar-refractivity contribution in [3.05, 3.63) is 64.8 Å². The maximum atomic E-state index is 12.9. The van der Waals surface area contributed by atoms with Crippen molar-refractivity contribution in [2.75, 3.05) is 26.2 Å². The number of nitrogens with one attached hydrogen (secondary N) is 1. The van der Waals surface area contributed by atoms with E-state index in [-0.39, 0.29) is 17.5 Å². The number of carbonyl (C=O) groups is 2. The molecule has 34 heavy (non-hydrogen) atoms. The largest absolute Gasteiger partial charge is 0.494 e. The predicted octanol–water partition coefficient (Wildman–Crippen LogP) is 3.53. The van der Waals surface area contributed by atoms with Gasteiger partial charge in [-0.15, -0.1) is 0 Å². The highest BCUT2D eigenvalue weighted by molar-refractivity contribution is 8.04. The topological polar surface area (TPSA) is 96.2 Å².